The van der Waals surface area contributed by atoms with Gasteiger partial charge in [-0.15, -0.1) is 0 Å². The number of nitrogens with zero attached hydrogens (tertiary/aromatic N) is 3. The smallest absolute Gasteiger partial charge is 0.262 e. The Morgan fingerprint density at radius 3 is 2.74 bits per heavy atom. The maximum Gasteiger partial charge on any atom is 0.262 e. The lowest BCUT2D eigenvalue weighted by atomic mass is 9.63. The van der Waals surface area contributed by atoms with Crippen LogP contribution < -0.4 is 14.4 Å². The number of allylic oxidation sites excluding steroid dienone is 1. The van der Waals surface area contributed by atoms with Crippen molar-refractivity contribution in [3.63, 3.8) is 0 Å². The minimum absolute atomic E-state index is 0.0245. The van der Waals surface area contributed by atoms with Crippen LogP contribution in [0.5, 0.6) is 5.75 Å². The Morgan fingerprint density at radius 2 is 1.94 bits per heavy atom. The molecule has 2 aliphatic carbocycles. The maximum absolute atomic E-state index is 14.1. The van der Waals surface area contributed by atoms with Crippen molar-refractivity contribution in [2.45, 2.75) is 87.7 Å². The molecule has 8 rings (SSSR count). The number of nitrogens with one attached hydrogen (secondary N) is 1. The number of aryl methyl sites for hydroxylation is 1. The van der Waals surface area contributed by atoms with E-state index >= 15 is 0 Å². The Bertz CT molecular complexity index is 1870. The summed E-state index contributed by atoms with van der Waals surface area (Å²) in [6.07, 6.45) is 10.8. The number of morpholine rings is 1. The molecule has 2 aromatic carbocycles. The van der Waals surface area contributed by atoms with Crippen molar-refractivity contribution in [2.24, 2.45) is 17.8 Å². The molecule has 4 aliphatic heterocycles. The number of rotatable bonds is 3. The third-order valence-corrected chi connectivity index (χ3v) is 16.4. The van der Waals surface area contributed by atoms with Gasteiger partial charge in [0.05, 0.1) is 34.7 Å². The number of methoxy groups -OCH3 is 1. The zero-order chi connectivity index (χ0) is 37.8. The Hall–Kier alpha value is -2.60. The van der Waals surface area contributed by atoms with Crippen LogP contribution in [0.15, 0.2) is 48.6 Å². The summed E-state index contributed by atoms with van der Waals surface area (Å²) < 4.78 is 36.6. The zero-order valence-electron chi connectivity index (χ0n) is 32.6. The van der Waals surface area contributed by atoms with Gasteiger partial charge in [-0.05, 0) is 117 Å². The quantitative estimate of drug-likeness (QED) is 0.302. The molecular weight excluding hydrogens is 720 g/mol. The van der Waals surface area contributed by atoms with E-state index in [-0.39, 0.29) is 28.6 Å². The van der Waals surface area contributed by atoms with Crippen LogP contribution in [0.3, 0.4) is 0 Å². The average molecular weight is 779 g/mol. The van der Waals surface area contributed by atoms with E-state index in [0.717, 1.165) is 101 Å². The van der Waals surface area contributed by atoms with Crippen molar-refractivity contribution >= 4 is 38.8 Å². The second-order valence-electron chi connectivity index (χ2n) is 17.4. The number of ether oxygens (including phenoxy) is 3. The van der Waals surface area contributed by atoms with Crippen LogP contribution >= 0.6 is 11.6 Å². The molecule has 6 aliphatic rings. The summed E-state index contributed by atoms with van der Waals surface area (Å²) in [5.74, 6) is 5.18. The summed E-state index contributed by atoms with van der Waals surface area (Å²) in [5.41, 5.74) is 3.27. The molecule has 294 valence electrons. The van der Waals surface area contributed by atoms with Gasteiger partial charge in [0.1, 0.15) is 11.4 Å². The molecule has 0 radical (unpaired) electrons. The summed E-state index contributed by atoms with van der Waals surface area (Å²) in [4.78, 5) is 21.5. The van der Waals surface area contributed by atoms with Gasteiger partial charge < -0.3 is 19.1 Å². The van der Waals surface area contributed by atoms with Crippen LogP contribution in [0, 0.1) is 17.8 Å². The number of hydrogen-bond acceptors (Lipinski definition) is 8. The third-order valence-electron chi connectivity index (χ3n) is 14.0. The molecule has 1 spiro atoms. The van der Waals surface area contributed by atoms with Crippen LogP contribution in [0.1, 0.15) is 74.4 Å². The summed E-state index contributed by atoms with van der Waals surface area (Å²) in [6, 6.07) is 12.4. The van der Waals surface area contributed by atoms with Gasteiger partial charge >= 0.3 is 0 Å². The van der Waals surface area contributed by atoms with Crippen molar-refractivity contribution < 1.29 is 23.2 Å². The molecule has 54 heavy (non-hydrogen) atoms. The van der Waals surface area contributed by atoms with Gasteiger partial charge in [-0.1, -0.05) is 36.7 Å². The molecule has 9 atom stereocenters. The first-order valence-corrected chi connectivity index (χ1v) is 22.4. The molecule has 1 N–H and O–H groups in total. The fourth-order valence-corrected chi connectivity index (χ4v) is 12.1. The van der Waals surface area contributed by atoms with Crippen molar-refractivity contribution in [3.05, 3.63) is 70.3 Å². The van der Waals surface area contributed by atoms with Gasteiger partial charge in [0, 0.05) is 80.2 Å². The Morgan fingerprint density at radius 1 is 1.09 bits per heavy atom. The van der Waals surface area contributed by atoms with Crippen LogP contribution in [0.4, 0.5) is 5.69 Å². The highest BCUT2D eigenvalue weighted by molar-refractivity contribution is 7.99. The van der Waals surface area contributed by atoms with Gasteiger partial charge in [0.25, 0.3) is 5.91 Å². The third kappa shape index (κ3) is 7.24. The molecule has 9 nitrogen and oxygen atoms in total. The standard InChI is InChI=1S/C43H59ClN4O5S/c1-29-8-6-17-43(51-4,27-46-18-19-47-22-30(2)52-25-36(47)24-46)38-13-10-34(38)23-48-26-42(16-7-9-32-20-35(44)12-14-37(32)42)28-53-40-15-11-33(21-39(40)48)41(49)45-54(5,50)31(29)3/h6,11-12,14-15,17,20-21,29-31,34,36,38H,5,7-10,13,16,18-19,22-28H2,1-4H3,(H,45,49,50)/b17-6+/t29-,30-,31+,34-,36-,38+,42-,43-,54?/m0/s1. The van der Waals surface area contributed by atoms with E-state index in [1.165, 1.54) is 11.1 Å². The summed E-state index contributed by atoms with van der Waals surface area (Å²) >= 11 is 6.53. The van der Waals surface area contributed by atoms with Crippen LogP contribution in [0.2, 0.25) is 5.02 Å². The number of hydrogen-bond donors (Lipinski definition) is 1. The average Bonchev–Trinajstić information content (AvgIpc) is 3.29. The molecule has 3 fully saturated rings. The topological polar surface area (TPSA) is 83.6 Å². The molecule has 11 heteroatoms. The van der Waals surface area contributed by atoms with E-state index in [0.29, 0.717) is 36.5 Å². The Balaban J connectivity index is 1.18. The number of anilines is 1. The lowest BCUT2D eigenvalue weighted by molar-refractivity contribution is -0.117. The van der Waals surface area contributed by atoms with Gasteiger partial charge in [-0.25, -0.2) is 4.21 Å². The number of fused-ring (bicyclic) bond motifs is 5. The van der Waals surface area contributed by atoms with Crippen molar-refractivity contribution in [2.75, 3.05) is 71.0 Å². The van der Waals surface area contributed by atoms with Gasteiger partial charge in [-0.2, -0.15) is 0 Å². The Kier molecular flexibility index (Phi) is 10.7. The molecular formula is C43H59ClN4O5S. The number of carbonyl (C=O) groups excluding carboxylic acids is 1. The number of benzene rings is 2. The van der Waals surface area contributed by atoms with E-state index in [2.05, 4.69) is 63.4 Å². The normalized spacial score (nSPS) is 38.2. The largest absolute Gasteiger partial charge is 0.490 e. The first-order chi connectivity index (χ1) is 25.9. The van der Waals surface area contributed by atoms with Crippen LogP contribution in [-0.4, -0.2) is 115 Å². The SMILES string of the molecule is C=S1(=O)NC(=O)c2ccc3c(c2)N(C[C@@H]2CC[C@H]2[C@](CN2CCN4C[C@H](C)OC[C@@H]4C2)(OC)/C=C/C[C@H](C)[C@H]1C)C[C@@]1(CCCc2cc(Cl)ccc21)CO3. The Labute approximate surface area is 327 Å². The number of amides is 1. The first kappa shape index (κ1) is 38.3. The predicted octanol–water partition coefficient (Wildman–Crippen LogP) is 5.98. The summed E-state index contributed by atoms with van der Waals surface area (Å²) in [7, 11) is -1.07. The second kappa shape index (κ2) is 15.1. The second-order valence-corrected chi connectivity index (χ2v) is 20.2. The monoisotopic (exact) mass is 778 g/mol. The fraction of sp³-hybridized carbons (Fsp3) is 0.628. The molecule has 2 bridgehead atoms. The summed E-state index contributed by atoms with van der Waals surface area (Å²) in [6.45, 7) is 13.9. The fourth-order valence-electron chi connectivity index (χ4n) is 10.4. The number of piperazine rings is 1. The molecule has 1 saturated carbocycles. The van der Waals surface area contributed by atoms with Gasteiger partial charge in [0.2, 0.25) is 0 Å². The molecule has 1 amide bonds. The highest BCUT2D eigenvalue weighted by Gasteiger charge is 2.50. The van der Waals surface area contributed by atoms with Crippen molar-refractivity contribution in [1.29, 1.82) is 0 Å². The highest BCUT2D eigenvalue weighted by Crippen LogP contribution is 2.49. The molecule has 2 aromatic rings. The predicted molar refractivity (Wildman–Crippen MR) is 218 cm³/mol. The van der Waals surface area contributed by atoms with E-state index in [1.54, 1.807) is 6.07 Å². The van der Waals surface area contributed by atoms with E-state index in [4.69, 9.17) is 25.8 Å². The molecule has 4 heterocycles. The number of halogens is 1. The van der Waals surface area contributed by atoms with Crippen LogP contribution in [0.25, 0.3) is 0 Å². The summed E-state index contributed by atoms with van der Waals surface area (Å²) in [5, 5.41) is 0.429. The molecule has 0 aromatic heterocycles. The van der Waals surface area contributed by atoms with E-state index in [9.17, 15) is 9.00 Å². The highest BCUT2D eigenvalue weighted by atomic mass is 35.5. The zero-order valence-corrected chi connectivity index (χ0v) is 34.1. The first-order valence-electron chi connectivity index (χ1n) is 20.2. The van der Waals surface area contributed by atoms with E-state index < -0.39 is 15.3 Å². The maximum atomic E-state index is 14.1. The number of carbonyl (C=O) groups is 1. The van der Waals surface area contributed by atoms with Crippen molar-refractivity contribution in [3.8, 4) is 5.75 Å². The van der Waals surface area contributed by atoms with Gasteiger partial charge in [-0.3, -0.25) is 19.3 Å². The van der Waals surface area contributed by atoms with Crippen molar-refractivity contribution in [1.82, 2.24) is 14.5 Å². The minimum atomic E-state index is -2.96. The lowest BCUT2D eigenvalue weighted by Gasteiger charge is -2.53. The van der Waals surface area contributed by atoms with E-state index in [1.807, 2.05) is 32.2 Å². The van der Waals surface area contributed by atoms with Gasteiger partial charge in [0.15, 0.2) is 0 Å². The van der Waals surface area contributed by atoms with Crippen LogP contribution in [-0.2, 0) is 31.0 Å². The lowest BCUT2D eigenvalue weighted by Crippen LogP contribution is -2.63. The molecule has 2 saturated heterocycles. The minimum Gasteiger partial charge on any atom is -0.490 e. The molecule has 1 unspecified atom stereocenters.